The van der Waals surface area contributed by atoms with Crippen LogP contribution in [0.1, 0.15) is 13.8 Å². The summed E-state index contributed by atoms with van der Waals surface area (Å²) in [6, 6.07) is 6.21. The first-order chi connectivity index (χ1) is 8.88. The minimum atomic E-state index is -3.27. The molecule has 0 aliphatic heterocycles. The van der Waals surface area contributed by atoms with Crippen molar-refractivity contribution in [1.29, 1.82) is 0 Å². The molecule has 0 radical (unpaired) electrons. The molecule has 3 N–H and O–H groups in total. The Morgan fingerprint density at radius 3 is 2.21 bits per heavy atom. The number of likely N-dealkylation sites (N-methyl/N-ethyl adjacent to an activating group) is 1. The molecule has 1 aromatic rings. The van der Waals surface area contributed by atoms with Crippen LogP contribution in [0.15, 0.2) is 24.3 Å². The van der Waals surface area contributed by atoms with Gasteiger partial charge >= 0.3 is 0 Å². The van der Waals surface area contributed by atoms with Gasteiger partial charge < -0.3 is 10.6 Å². The molecule has 7 heteroatoms. The number of hydrogen-bond donors (Lipinski definition) is 3. The van der Waals surface area contributed by atoms with E-state index in [1.165, 1.54) is 0 Å². The smallest absolute Gasteiger partial charge is 0.241 e. The van der Waals surface area contributed by atoms with Crippen LogP contribution < -0.4 is 15.4 Å². The third-order valence-corrected chi connectivity index (χ3v) is 3.94. The van der Waals surface area contributed by atoms with E-state index >= 15 is 0 Å². The predicted octanol–water partition coefficient (Wildman–Crippen LogP) is 0.995. The molecule has 0 fully saturated rings. The van der Waals surface area contributed by atoms with Crippen LogP contribution in [-0.2, 0) is 14.8 Å². The Morgan fingerprint density at radius 2 is 1.74 bits per heavy atom. The summed E-state index contributed by atoms with van der Waals surface area (Å²) >= 11 is 0. The first-order valence-electron chi connectivity index (χ1n) is 5.96. The molecule has 0 aliphatic rings. The second-order valence-corrected chi connectivity index (χ2v) is 6.09. The molecular weight excluding hydrogens is 266 g/mol. The van der Waals surface area contributed by atoms with E-state index in [0.717, 1.165) is 0 Å². The number of benzene rings is 1. The SMILES string of the molecule is CCS(=O)(=O)Nc1ccc(NC(=O)C(C)NC)cc1. The fourth-order valence-electron chi connectivity index (χ4n) is 1.25. The molecule has 0 heterocycles. The van der Waals surface area contributed by atoms with E-state index in [1.807, 2.05) is 0 Å². The number of sulfonamides is 1. The van der Waals surface area contributed by atoms with E-state index in [1.54, 1.807) is 45.2 Å². The highest BCUT2D eigenvalue weighted by Crippen LogP contribution is 2.15. The molecule has 1 aromatic carbocycles. The van der Waals surface area contributed by atoms with E-state index in [0.29, 0.717) is 11.4 Å². The highest BCUT2D eigenvalue weighted by Gasteiger charge is 2.10. The summed E-state index contributed by atoms with van der Waals surface area (Å²) in [6.07, 6.45) is 0. The van der Waals surface area contributed by atoms with E-state index in [9.17, 15) is 13.2 Å². The van der Waals surface area contributed by atoms with Crippen molar-refractivity contribution in [2.45, 2.75) is 19.9 Å². The van der Waals surface area contributed by atoms with E-state index in [2.05, 4.69) is 15.4 Å². The fraction of sp³-hybridized carbons (Fsp3) is 0.417. The zero-order chi connectivity index (χ0) is 14.5. The highest BCUT2D eigenvalue weighted by molar-refractivity contribution is 7.92. The summed E-state index contributed by atoms with van der Waals surface area (Å²) in [5, 5.41) is 5.55. The zero-order valence-electron chi connectivity index (χ0n) is 11.2. The van der Waals surface area contributed by atoms with Gasteiger partial charge in [-0.2, -0.15) is 0 Å². The minimum absolute atomic E-state index is 0.0190. The number of nitrogens with one attached hydrogen (secondary N) is 3. The van der Waals surface area contributed by atoms with Crippen LogP contribution >= 0.6 is 0 Å². The van der Waals surface area contributed by atoms with Crippen molar-refractivity contribution >= 4 is 27.3 Å². The molecule has 0 spiro atoms. The van der Waals surface area contributed by atoms with Crippen LogP contribution in [0.5, 0.6) is 0 Å². The summed E-state index contributed by atoms with van der Waals surface area (Å²) in [5.74, 6) is -0.130. The molecule has 0 aromatic heterocycles. The largest absolute Gasteiger partial charge is 0.325 e. The Balaban J connectivity index is 2.69. The summed E-state index contributed by atoms with van der Waals surface area (Å²) in [4.78, 5) is 11.6. The lowest BCUT2D eigenvalue weighted by atomic mass is 10.2. The van der Waals surface area contributed by atoms with Gasteiger partial charge in [0.05, 0.1) is 11.8 Å². The number of anilines is 2. The molecule has 106 valence electrons. The number of hydrogen-bond acceptors (Lipinski definition) is 4. The standard InChI is InChI=1S/C12H19N3O3S/c1-4-19(17,18)15-11-7-5-10(6-8-11)14-12(16)9(2)13-3/h5-9,13,15H,4H2,1-3H3,(H,14,16). The number of carbonyl (C=O) groups excluding carboxylic acids is 1. The molecular formula is C12H19N3O3S. The van der Waals surface area contributed by atoms with Gasteiger partial charge in [0.25, 0.3) is 0 Å². The lowest BCUT2D eigenvalue weighted by Gasteiger charge is -2.11. The maximum absolute atomic E-state index is 11.6. The highest BCUT2D eigenvalue weighted by atomic mass is 32.2. The maximum Gasteiger partial charge on any atom is 0.241 e. The van der Waals surface area contributed by atoms with Crippen LogP contribution in [0.3, 0.4) is 0 Å². The second kappa shape index (κ2) is 6.53. The zero-order valence-corrected chi connectivity index (χ0v) is 12.0. The molecule has 1 unspecified atom stereocenters. The Hall–Kier alpha value is -1.60. The first-order valence-corrected chi connectivity index (χ1v) is 7.62. The van der Waals surface area contributed by atoms with Crippen LogP contribution in [-0.4, -0.2) is 33.2 Å². The normalized spacial score (nSPS) is 12.8. The van der Waals surface area contributed by atoms with Crippen molar-refractivity contribution < 1.29 is 13.2 Å². The fourth-order valence-corrected chi connectivity index (χ4v) is 1.89. The minimum Gasteiger partial charge on any atom is -0.325 e. The van der Waals surface area contributed by atoms with Crippen LogP contribution in [0, 0.1) is 0 Å². The van der Waals surface area contributed by atoms with Gasteiger partial charge in [-0.15, -0.1) is 0 Å². The van der Waals surface area contributed by atoms with Gasteiger partial charge in [0.15, 0.2) is 0 Å². The lowest BCUT2D eigenvalue weighted by molar-refractivity contribution is -0.117. The van der Waals surface area contributed by atoms with Crippen molar-refractivity contribution in [2.24, 2.45) is 0 Å². The first kappa shape index (κ1) is 15.5. The van der Waals surface area contributed by atoms with Gasteiger partial charge in [-0.05, 0) is 45.2 Å². The number of carbonyl (C=O) groups is 1. The molecule has 19 heavy (non-hydrogen) atoms. The van der Waals surface area contributed by atoms with Gasteiger partial charge in [-0.3, -0.25) is 9.52 Å². The van der Waals surface area contributed by atoms with Crippen molar-refractivity contribution in [3.05, 3.63) is 24.3 Å². The third-order valence-electron chi connectivity index (χ3n) is 2.63. The van der Waals surface area contributed by atoms with Gasteiger partial charge in [-0.25, -0.2) is 8.42 Å². The van der Waals surface area contributed by atoms with Gasteiger partial charge in [0.1, 0.15) is 0 Å². The number of rotatable bonds is 6. The van der Waals surface area contributed by atoms with Crippen LogP contribution in [0.25, 0.3) is 0 Å². The Labute approximate surface area is 113 Å². The molecule has 0 bridgehead atoms. The molecule has 6 nitrogen and oxygen atoms in total. The molecule has 1 atom stereocenters. The average Bonchev–Trinajstić information content (AvgIpc) is 2.39. The molecule has 1 rings (SSSR count). The summed E-state index contributed by atoms with van der Waals surface area (Å²) in [7, 11) is -1.57. The van der Waals surface area contributed by atoms with Crippen molar-refractivity contribution in [3.63, 3.8) is 0 Å². The lowest BCUT2D eigenvalue weighted by Crippen LogP contribution is -2.35. The maximum atomic E-state index is 11.6. The van der Waals surface area contributed by atoms with Gasteiger partial charge in [0, 0.05) is 11.4 Å². The monoisotopic (exact) mass is 285 g/mol. The van der Waals surface area contributed by atoms with Crippen molar-refractivity contribution in [1.82, 2.24) is 5.32 Å². The van der Waals surface area contributed by atoms with E-state index in [4.69, 9.17) is 0 Å². The van der Waals surface area contributed by atoms with Crippen LogP contribution in [0.4, 0.5) is 11.4 Å². The quantitative estimate of drug-likeness (QED) is 0.727. The third kappa shape index (κ3) is 4.88. The topological polar surface area (TPSA) is 87.3 Å². The van der Waals surface area contributed by atoms with E-state index in [-0.39, 0.29) is 17.7 Å². The van der Waals surface area contributed by atoms with Crippen molar-refractivity contribution in [3.8, 4) is 0 Å². The predicted molar refractivity (Wildman–Crippen MR) is 76.7 cm³/mol. The molecule has 0 aliphatic carbocycles. The molecule has 1 amide bonds. The second-order valence-electron chi connectivity index (χ2n) is 4.08. The van der Waals surface area contributed by atoms with E-state index < -0.39 is 10.0 Å². The van der Waals surface area contributed by atoms with Gasteiger partial charge in [0.2, 0.25) is 15.9 Å². The summed E-state index contributed by atoms with van der Waals surface area (Å²) in [5.41, 5.74) is 1.09. The van der Waals surface area contributed by atoms with Gasteiger partial charge in [-0.1, -0.05) is 0 Å². The Kier molecular flexibility index (Phi) is 5.31. The summed E-state index contributed by atoms with van der Waals surface area (Å²) in [6.45, 7) is 3.31. The van der Waals surface area contributed by atoms with Crippen molar-refractivity contribution in [2.75, 3.05) is 22.8 Å². The Morgan fingerprint density at radius 1 is 1.21 bits per heavy atom. The average molecular weight is 285 g/mol. The summed E-state index contributed by atoms with van der Waals surface area (Å²) < 4.78 is 25.2. The molecule has 0 saturated carbocycles. The number of amides is 1. The van der Waals surface area contributed by atoms with Crippen LogP contribution in [0.2, 0.25) is 0 Å². The molecule has 0 saturated heterocycles. The Bertz CT molecular complexity index is 526.